The van der Waals surface area contributed by atoms with Crippen molar-refractivity contribution in [1.82, 2.24) is 9.97 Å². The summed E-state index contributed by atoms with van der Waals surface area (Å²) in [7, 11) is 0. The van der Waals surface area contributed by atoms with Crippen LogP contribution in [-0.4, -0.2) is 9.97 Å². The molecule has 0 amide bonds. The van der Waals surface area contributed by atoms with Gasteiger partial charge in [0, 0.05) is 12.1 Å². The van der Waals surface area contributed by atoms with Crippen molar-refractivity contribution in [2.75, 3.05) is 11.1 Å². The maximum absolute atomic E-state index is 5.79. The van der Waals surface area contributed by atoms with E-state index in [1.54, 1.807) is 11.3 Å². The number of anilines is 2. The van der Waals surface area contributed by atoms with Crippen molar-refractivity contribution >= 4 is 23.0 Å². The summed E-state index contributed by atoms with van der Waals surface area (Å²) in [4.78, 5) is 8.20. The van der Waals surface area contributed by atoms with Crippen LogP contribution in [0.2, 0.25) is 0 Å². The molecule has 0 bridgehead atoms. The van der Waals surface area contributed by atoms with E-state index in [2.05, 4.69) is 32.1 Å². The first-order chi connectivity index (χ1) is 7.81. The van der Waals surface area contributed by atoms with Gasteiger partial charge in [-0.3, -0.25) is 0 Å². The number of hydrogen-bond acceptors (Lipinski definition) is 5. The molecule has 0 saturated carbocycles. The highest BCUT2D eigenvalue weighted by atomic mass is 32.1. The number of hydrogen-bond donors (Lipinski definition) is 2. The van der Waals surface area contributed by atoms with E-state index >= 15 is 0 Å². The van der Waals surface area contributed by atoms with Crippen molar-refractivity contribution in [3.63, 3.8) is 0 Å². The molecule has 2 heterocycles. The van der Waals surface area contributed by atoms with Crippen LogP contribution >= 0.6 is 11.3 Å². The van der Waals surface area contributed by atoms with Gasteiger partial charge in [-0.1, -0.05) is 6.92 Å². The largest absolute Gasteiger partial charge is 0.383 e. The standard InChI is InChI=1S/C11H14N4S/c1-2-9-10(12)14-7-15-11(9)13-5-8-3-4-16-6-8/h3-4,6-7H,2,5H2,1H3,(H3,12,13,14,15). The fraction of sp³-hybridized carbons (Fsp3) is 0.273. The number of nitrogens with two attached hydrogens (primary N) is 1. The Morgan fingerprint density at radius 1 is 1.44 bits per heavy atom. The van der Waals surface area contributed by atoms with E-state index in [1.165, 1.54) is 11.9 Å². The topological polar surface area (TPSA) is 63.8 Å². The Hall–Kier alpha value is -1.62. The third-order valence-corrected chi connectivity index (χ3v) is 3.10. The molecule has 5 heteroatoms. The minimum absolute atomic E-state index is 0.560. The molecule has 16 heavy (non-hydrogen) atoms. The van der Waals surface area contributed by atoms with Gasteiger partial charge in [-0.25, -0.2) is 9.97 Å². The van der Waals surface area contributed by atoms with Crippen LogP contribution in [-0.2, 0) is 13.0 Å². The lowest BCUT2D eigenvalue weighted by molar-refractivity contribution is 1.02. The van der Waals surface area contributed by atoms with Crippen LogP contribution in [0.5, 0.6) is 0 Å². The van der Waals surface area contributed by atoms with Gasteiger partial charge in [0.25, 0.3) is 0 Å². The maximum Gasteiger partial charge on any atom is 0.134 e. The van der Waals surface area contributed by atoms with Crippen molar-refractivity contribution < 1.29 is 0 Å². The van der Waals surface area contributed by atoms with Gasteiger partial charge in [0.1, 0.15) is 18.0 Å². The average molecular weight is 234 g/mol. The van der Waals surface area contributed by atoms with Crippen molar-refractivity contribution in [3.05, 3.63) is 34.3 Å². The molecule has 2 aromatic rings. The first-order valence-electron chi connectivity index (χ1n) is 5.15. The van der Waals surface area contributed by atoms with Gasteiger partial charge in [0.05, 0.1) is 0 Å². The second kappa shape index (κ2) is 4.94. The van der Waals surface area contributed by atoms with Gasteiger partial charge in [-0.2, -0.15) is 11.3 Å². The quantitative estimate of drug-likeness (QED) is 0.852. The molecule has 2 rings (SSSR count). The van der Waals surface area contributed by atoms with Crippen LogP contribution in [0.15, 0.2) is 23.2 Å². The number of nitrogens with zero attached hydrogens (tertiary/aromatic N) is 2. The van der Waals surface area contributed by atoms with Crippen molar-refractivity contribution in [2.24, 2.45) is 0 Å². The lowest BCUT2D eigenvalue weighted by Crippen LogP contribution is -2.07. The molecule has 84 valence electrons. The lowest BCUT2D eigenvalue weighted by atomic mass is 10.2. The summed E-state index contributed by atoms with van der Waals surface area (Å²) in [6.45, 7) is 2.82. The Kier molecular flexibility index (Phi) is 3.36. The summed E-state index contributed by atoms with van der Waals surface area (Å²) < 4.78 is 0. The second-order valence-electron chi connectivity index (χ2n) is 3.42. The smallest absolute Gasteiger partial charge is 0.134 e. The average Bonchev–Trinajstić information content (AvgIpc) is 2.79. The summed E-state index contributed by atoms with van der Waals surface area (Å²) in [6.07, 6.45) is 2.32. The minimum Gasteiger partial charge on any atom is -0.383 e. The summed E-state index contributed by atoms with van der Waals surface area (Å²) in [5.41, 5.74) is 8.03. The fourth-order valence-electron chi connectivity index (χ4n) is 1.51. The molecule has 0 spiro atoms. The number of nitrogens with one attached hydrogen (secondary N) is 1. The van der Waals surface area contributed by atoms with E-state index in [0.29, 0.717) is 5.82 Å². The van der Waals surface area contributed by atoms with Gasteiger partial charge in [0.2, 0.25) is 0 Å². The zero-order chi connectivity index (χ0) is 11.4. The highest BCUT2D eigenvalue weighted by molar-refractivity contribution is 7.07. The monoisotopic (exact) mass is 234 g/mol. The predicted molar refractivity (Wildman–Crippen MR) is 67.5 cm³/mol. The van der Waals surface area contributed by atoms with Gasteiger partial charge in [-0.15, -0.1) is 0 Å². The predicted octanol–water partition coefficient (Wildman–Crippen LogP) is 2.29. The molecule has 0 aliphatic carbocycles. The van der Waals surface area contributed by atoms with Crippen LogP contribution in [0.25, 0.3) is 0 Å². The van der Waals surface area contributed by atoms with E-state index in [0.717, 1.165) is 24.3 Å². The third-order valence-electron chi connectivity index (χ3n) is 2.37. The molecule has 0 aromatic carbocycles. The zero-order valence-corrected chi connectivity index (χ0v) is 9.92. The second-order valence-corrected chi connectivity index (χ2v) is 4.20. The molecule has 2 aromatic heterocycles. The van der Waals surface area contributed by atoms with Crippen LogP contribution < -0.4 is 11.1 Å². The van der Waals surface area contributed by atoms with Gasteiger partial charge >= 0.3 is 0 Å². The van der Waals surface area contributed by atoms with Crippen molar-refractivity contribution in [3.8, 4) is 0 Å². The number of rotatable bonds is 4. The molecule has 0 unspecified atom stereocenters. The molecule has 0 fully saturated rings. The highest BCUT2D eigenvalue weighted by Crippen LogP contribution is 2.18. The summed E-state index contributed by atoms with van der Waals surface area (Å²) in [5, 5.41) is 7.46. The van der Waals surface area contributed by atoms with E-state index in [9.17, 15) is 0 Å². The summed E-state index contributed by atoms with van der Waals surface area (Å²) in [6, 6.07) is 2.09. The third kappa shape index (κ3) is 2.30. The fourth-order valence-corrected chi connectivity index (χ4v) is 2.17. The van der Waals surface area contributed by atoms with Gasteiger partial charge < -0.3 is 11.1 Å². The zero-order valence-electron chi connectivity index (χ0n) is 9.10. The van der Waals surface area contributed by atoms with Crippen molar-refractivity contribution in [2.45, 2.75) is 19.9 Å². The first-order valence-corrected chi connectivity index (χ1v) is 6.09. The number of aromatic nitrogens is 2. The normalized spacial score (nSPS) is 10.3. The molecule has 0 aliphatic heterocycles. The van der Waals surface area contributed by atoms with Crippen LogP contribution in [0, 0.1) is 0 Å². The van der Waals surface area contributed by atoms with Gasteiger partial charge in [0.15, 0.2) is 0 Å². The van der Waals surface area contributed by atoms with Gasteiger partial charge in [-0.05, 0) is 28.8 Å². The number of nitrogen functional groups attached to an aromatic ring is 1. The Bertz CT molecular complexity index is 453. The molecule has 0 saturated heterocycles. The van der Waals surface area contributed by atoms with Crippen LogP contribution in [0.4, 0.5) is 11.6 Å². The van der Waals surface area contributed by atoms with Crippen LogP contribution in [0.3, 0.4) is 0 Å². The maximum atomic E-state index is 5.79. The van der Waals surface area contributed by atoms with Crippen molar-refractivity contribution in [1.29, 1.82) is 0 Å². The molecular formula is C11H14N4S. The van der Waals surface area contributed by atoms with E-state index < -0.39 is 0 Å². The molecule has 0 atom stereocenters. The molecule has 4 nitrogen and oxygen atoms in total. The Morgan fingerprint density at radius 3 is 3.00 bits per heavy atom. The summed E-state index contributed by atoms with van der Waals surface area (Å²) in [5.74, 6) is 1.39. The van der Waals surface area contributed by atoms with E-state index in [1.807, 2.05) is 6.92 Å². The number of thiophene rings is 1. The SMILES string of the molecule is CCc1c(N)ncnc1NCc1ccsc1. The van der Waals surface area contributed by atoms with E-state index in [4.69, 9.17) is 5.73 Å². The Morgan fingerprint density at radius 2 is 2.31 bits per heavy atom. The lowest BCUT2D eigenvalue weighted by Gasteiger charge is -2.10. The molecular weight excluding hydrogens is 220 g/mol. The van der Waals surface area contributed by atoms with E-state index in [-0.39, 0.29) is 0 Å². The molecule has 0 radical (unpaired) electrons. The minimum atomic E-state index is 0.560. The molecule has 3 N–H and O–H groups in total. The summed E-state index contributed by atoms with van der Waals surface area (Å²) >= 11 is 1.69. The Labute approximate surface area is 98.6 Å². The molecule has 0 aliphatic rings. The Balaban J connectivity index is 2.12. The highest BCUT2D eigenvalue weighted by Gasteiger charge is 2.06. The first kappa shape index (κ1) is 10.9. The van der Waals surface area contributed by atoms with Crippen LogP contribution in [0.1, 0.15) is 18.1 Å².